The van der Waals surface area contributed by atoms with Crippen molar-refractivity contribution in [2.45, 2.75) is 39.5 Å². The number of hydrogen-bond donors (Lipinski definition) is 2. The highest BCUT2D eigenvalue weighted by Crippen LogP contribution is 2.19. The van der Waals surface area contributed by atoms with Gasteiger partial charge in [-0.1, -0.05) is 20.3 Å². The molecule has 20 heavy (non-hydrogen) atoms. The summed E-state index contributed by atoms with van der Waals surface area (Å²) in [5.74, 6) is 2.13. The van der Waals surface area contributed by atoms with Gasteiger partial charge in [0.1, 0.15) is 18.0 Å². The molecule has 1 aliphatic rings. The first kappa shape index (κ1) is 15.0. The Morgan fingerprint density at radius 2 is 2.10 bits per heavy atom. The van der Waals surface area contributed by atoms with Crippen molar-refractivity contribution in [3.8, 4) is 0 Å². The van der Waals surface area contributed by atoms with E-state index in [0.29, 0.717) is 11.7 Å². The quantitative estimate of drug-likeness (QED) is 0.799. The van der Waals surface area contributed by atoms with E-state index in [1.54, 1.807) is 6.33 Å². The number of rotatable bonds is 7. The Kier molecular flexibility index (Phi) is 5.59. The van der Waals surface area contributed by atoms with Crippen LogP contribution in [0.25, 0.3) is 0 Å². The van der Waals surface area contributed by atoms with Gasteiger partial charge in [-0.3, -0.25) is 0 Å². The number of likely N-dealkylation sites (tertiary alicyclic amines) is 1. The van der Waals surface area contributed by atoms with Gasteiger partial charge in [-0.15, -0.1) is 0 Å². The van der Waals surface area contributed by atoms with Crippen LogP contribution in [0.5, 0.6) is 0 Å². The maximum Gasteiger partial charge on any atom is 0.134 e. The van der Waals surface area contributed by atoms with E-state index >= 15 is 0 Å². The van der Waals surface area contributed by atoms with Gasteiger partial charge in [0, 0.05) is 18.7 Å². The van der Waals surface area contributed by atoms with Gasteiger partial charge in [0.25, 0.3) is 0 Å². The summed E-state index contributed by atoms with van der Waals surface area (Å²) in [6, 6.07) is 0. The van der Waals surface area contributed by atoms with Crippen molar-refractivity contribution in [1.29, 1.82) is 0 Å². The zero-order valence-corrected chi connectivity index (χ0v) is 12.7. The van der Waals surface area contributed by atoms with E-state index in [0.717, 1.165) is 37.3 Å². The topological polar surface area (TPSA) is 67.1 Å². The molecule has 0 amide bonds. The fourth-order valence-electron chi connectivity index (χ4n) is 2.82. The minimum atomic E-state index is 0.608. The minimum absolute atomic E-state index is 0.608. The first-order chi connectivity index (χ1) is 9.70. The van der Waals surface area contributed by atoms with Crippen molar-refractivity contribution in [2.75, 3.05) is 37.2 Å². The number of anilines is 2. The molecule has 1 atom stereocenters. The predicted molar refractivity (Wildman–Crippen MR) is 83.8 cm³/mol. The molecular formula is C15H27N5. The Labute approximate surface area is 122 Å². The molecule has 0 aliphatic carbocycles. The lowest BCUT2D eigenvalue weighted by Gasteiger charge is -2.21. The molecule has 5 heteroatoms. The summed E-state index contributed by atoms with van der Waals surface area (Å²) in [4.78, 5) is 11.0. The van der Waals surface area contributed by atoms with Crippen LogP contribution in [0.4, 0.5) is 11.6 Å². The highest BCUT2D eigenvalue weighted by Gasteiger charge is 2.15. The summed E-state index contributed by atoms with van der Waals surface area (Å²) in [6.07, 6.45) is 6.22. The second kappa shape index (κ2) is 7.43. The molecule has 0 spiro atoms. The molecule has 1 unspecified atom stereocenters. The fourth-order valence-corrected chi connectivity index (χ4v) is 2.82. The minimum Gasteiger partial charge on any atom is -0.383 e. The van der Waals surface area contributed by atoms with Crippen molar-refractivity contribution in [3.05, 3.63) is 11.9 Å². The Hall–Kier alpha value is -1.36. The lowest BCUT2D eigenvalue weighted by Crippen LogP contribution is -2.29. The van der Waals surface area contributed by atoms with Gasteiger partial charge in [-0.2, -0.15) is 0 Å². The van der Waals surface area contributed by atoms with Gasteiger partial charge in [0.15, 0.2) is 0 Å². The van der Waals surface area contributed by atoms with Crippen molar-refractivity contribution in [2.24, 2.45) is 5.92 Å². The summed E-state index contributed by atoms with van der Waals surface area (Å²) >= 11 is 0. The Morgan fingerprint density at radius 3 is 2.80 bits per heavy atom. The Balaban J connectivity index is 1.87. The van der Waals surface area contributed by atoms with E-state index in [1.807, 2.05) is 0 Å². The zero-order valence-electron chi connectivity index (χ0n) is 12.7. The van der Waals surface area contributed by atoms with Crippen LogP contribution in [-0.2, 0) is 6.42 Å². The standard InChI is InChI=1S/C15H27N5/c1-3-6-13-14(16)18-11-19-15(13)17-9-12(2)10-20-7-4-5-8-20/h11-12H,3-10H2,1-2H3,(H3,16,17,18,19). The van der Waals surface area contributed by atoms with Gasteiger partial charge < -0.3 is 16.0 Å². The van der Waals surface area contributed by atoms with Crippen molar-refractivity contribution in [3.63, 3.8) is 0 Å². The smallest absolute Gasteiger partial charge is 0.134 e. The molecule has 112 valence electrons. The van der Waals surface area contributed by atoms with Crippen LogP contribution in [0.3, 0.4) is 0 Å². The van der Waals surface area contributed by atoms with Gasteiger partial charge in [-0.05, 0) is 38.3 Å². The maximum atomic E-state index is 5.95. The molecule has 0 saturated carbocycles. The molecule has 5 nitrogen and oxygen atoms in total. The molecule has 2 heterocycles. The average molecular weight is 277 g/mol. The normalized spacial score (nSPS) is 17.3. The van der Waals surface area contributed by atoms with Crippen LogP contribution < -0.4 is 11.1 Å². The van der Waals surface area contributed by atoms with Crippen LogP contribution >= 0.6 is 0 Å². The van der Waals surface area contributed by atoms with E-state index in [-0.39, 0.29) is 0 Å². The number of nitrogens with one attached hydrogen (secondary N) is 1. The first-order valence-corrected chi connectivity index (χ1v) is 7.76. The Bertz CT molecular complexity index is 415. The van der Waals surface area contributed by atoms with Crippen LogP contribution in [0.2, 0.25) is 0 Å². The average Bonchev–Trinajstić information content (AvgIpc) is 2.92. The number of nitrogens with two attached hydrogens (primary N) is 1. The summed E-state index contributed by atoms with van der Waals surface area (Å²) in [6.45, 7) is 9.04. The SMILES string of the molecule is CCCc1c(N)ncnc1NCC(C)CN1CCCC1. The molecule has 0 aromatic carbocycles. The second-order valence-electron chi connectivity index (χ2n) is 5.83. The van der Waals surface area contributed by atoms with Gasteiger partial charge >= 0.3 is 0 Å². The summed E-state index contributed by atoms with van der Waals surface area (Å²) in [5, 5.41) is 3.45. The zero-order chi connectivity index (χ0) is 14.4. The molecule has 1 aliphatic heterocycles. The summed E-state index contributed by atoms with van der Waals surface area (Å²) < 4.78 is 0. The molecule has 1 aromatic rings. The number of nitrogen functional groups attached to an aromatic ring is 1. The monoisotopic (exact) mass is 277 g/mol. The van der Waals surface area contributed by atoms with E-state index in [2.05, 4.69) is 34.0 Å². The molecule has 1 aromatic heterocycles. The molecule has 2 rings (SSSR count). The largest absolute Gasteiger partial charge is 0.383 e. The lowest BCUT2D eigenvalue weighted by molar-refractivity contribution is 0.294. The molecule has 3 N–H and O–H groups in total. The van der Waals surface area contributed by atoms with Crippen LogP contribution in [0.1, 0.15) is 38.7 Å². The van der Waals surface area contributed by atoms with Crippen molar-refractivity contribution >= 4 is 11.6 Å². The molecule has 1 fully saturated rings. The van der Waals surface area contributed by atoms with E-state index in [1.165, 1.54) is 25.9 Å². The lowest BCUT2D eigenvalue weighted by atomic mass is 10.1. The van der Waals surface area contributed by atoms with Crippen molar-refractivity contribution < 1.29 is 0 Å². The van der Waals surface area contributed by atoms with Gasteiger partial charge in [0.2, 0.25) is 0 Å². The fraction of sp³-hybridized carbons (Fsp3) is 0.733. The third-order valence-electron chi connectivity index (χ3n) is 3.87. The molecule has 0 bridgehead atoms. The molecule has 0 radical (unpaired) electrons. The highest BCUT2D eigenvalue weighted by molar-refractivity contribution is 5.54. The molecule has 1 saturated heterocycles. The van der Waals surface area contributed by atoms with Crippen molar-refractivity contribution in [1.82, 2.24) is 14.9 Å². The second-order valence-corrected chi connectivity index (χ2v) is 5.83. The first-order valence-electron chi connectivity index (χ1n) is 7.76. The molecular weight excluding hydrogens is 250 g/mol. The van der Waals surface area contributed by atoms with Crippen LogP contribution in [0, 0.1) is 5.92 Å². The maximum absolute atomic E-state index is 5.95. The number of aromatic nitrogens is 2. The van der Waals surface area contributed by atoms with Gasteiger partial charge in [0.05, 0.1) is 0 Å². The van der Waals surface area contributed by atoms with E-state index in [9.17, 15) is 0 Å². The van der Waals surface area contributed by atoms with E-state index < -0.39 is 0 Å². The summed E-state index contributed by atoms with van der Waals surface area (Å²) in [7, 11) is 0. The van der Waals surface area contributed by atoms with Crippen LogP contribution in [-0.4, -0.2) is 41.0 Å². The summed E-state index contributed by atoms with van der Waals surface area (Å²) in [5.41, 5.74) is 7.01. The van der Waals surface area contributed by atoms with Crippen LogP contribution in [0.15, 0.2) is 6.33 Å². The number of nitrogens with zero attached hydrogens (tertiary/aromatic N) is 3. The number of hydrogen-bond acceptors (Lipinski definition) is 5. The highest BCUT2D eigenvalue weighted by atomic mass is 15.1. The third-order valence-corrected chi connectivity index (χ3v) is 3.87. The van der Waals surface area contributed by atoms with Gasteiger partial charge in [-0.25, -0.2) is 9.97 Å². The van der Waals surface area contributed by atoms with E-state index in [4.69, 9.17) is 5.73 Å². The Morgan fingerprint density at radius 1 is 1.35 bits per heavy atom. The predicted octanol–water partition coefficient (Wildman–Crippen LogP) is 2.16. The third kappa shape index (κ3) is 4.07.